The van der Waals surface area contributed by atoms with Crippen molar-refractivity contribution in [3.63, 3.8) is 0 Å². The Balaban J connectivity index is 1.93. The fourth-order valence-corrected chi connectivity index (χ4v) is 3.73. The summed E-state index contributed by atoms with van der Waals surface area (Å²) in [6.45, 7) is 7.28. The summed E-state index contributed by atoms with van der Waals surface area (Å²) in [5.74, 6) is 0.589. The van der Waals surface area contributed by atoms with E-state index in [1.807, 2.05) is 11.8 Å². The Hall–Kier alpha value is -1.10. The topological polar surface area (TPSA) is 58.6 Å². The van der Waals surface area contributed by atoms with Crippen LogP contribution in [0.1, 0.15) is 46.5 Å². The molecule has 0 radical (unpaired) electrons. The van der Waals surface area contributed by atoms with Crippen LogP contribution in [0.2, 0.25) is 0 Å². The fraction of sp³-hybridized carbons (Fsp3) is 0.875. The van der Waals surface area contributed by atoms with Gasteiger partial charge in [-0.3, -0.25) is 9.59 Å². The van der Waals surface area contributed by atoms with E-state index < -0.39 is 5.54 Å². The highest BCUT2D eigenvalue weighted by Gasteiger charge is 2.57. The predicted molar refractivity (Wildman–Crippen MR) is 78.6 cm³/mol. The maximum absolute atomic E-state index is 13.1. The third-order valence-electron chi connectivity index (χ3n) is 5.51. The average Bonchev–Trinajstić information content (AvgIpc) is 3.19. The lowest BCUT2D eigenvalue weighted by Crippen LogP contribution is -2.73. The van der Waals surface area contributed by atoms with Crippen molar-refractivity contribution in [3.8, 4) is 0 Å². The Labute approximate surface area is 126 Å². The van der Waals surface area contributed by atoms with Crippen molar-refractivity contribution in [3.05, 3.63) is 0 Å². The zero-order valence-electron chi connectivity index (χ0n) is 13.2. The van der Waals surface area contributed by atoms with Crippen LogP contribution in [0.15, 0.2) is 0 Å². The van der Waals surface area contributed by atoms with E-state index in [-0.39, 0.29) is 29.8 Å². The number of nitrogens with one attached hydrogen (secondary N) is 1. The van der Waals surface area contributed by atoms with Gasteiger partial charge >= 0.3 is 0 Å². The molecule has 0 aromatic carbocycles. The number of amides is 2. The van der Waals surface area contributed by atoms with Crippen molar-refractivity contribution in [2.24, 2.45) is 11.8 Å². The van der Waals surface area contributed by atoms with Crippen LogP contribution in [0, 0.1) is 11.8 Å². The zero-order valence-corrected chi connectivity index (χ0v) is 13.2. The highest BCUT2D eigenvalue weighted by molar-refractivity contribution is 6.00. The van der Waals surface area contributed by atoms with Gasteiger partial charge in [-0.1, -0.05) is 20.3 Å². The van der Waals surface area contributed by atoms with Gasteiger partial charge in [-0.15, -0.1) is 0 Å². The standard InChI is InChI=1S/C16H26N2O3/c1-4-10(2)13-14(19)17-16(3,11-5-6-11)15(20)18(13)12-7-8-21-9-12/h10-13H,4-9H2,1-3H3,(H,17,19). The van der Waals surface area contributed by atoms with Gasteiger partial charge in [-0.05, 0) is 38.0 Å². The van der Waals surface area contributed by atoms with Crippen molar-refractivity contribution in [2.45, 2.75) is 64.1 Å². The minimum atomic E-state index is -0.705. The molecule has 4 unspecified atom stereocenters. The number of hydrogen-bond donors (Lipinski definition) is 1. The van der Waals surface area contributed by atoms with Gasteiger partial charge in [-0.2, -0.15) is 0 Å². The average molecular weight is 294 g/mol. The predicted octanol–water partition coefficient (Wildman–Crippen LogP) is 1.32. The molecule has 5 heteroatoms. The van der Waals surface area contributed by atoms with Gasteiger partial charge in [0.1, 0.15) is 11.6 Å². The van der Waals surface area contributed by atoms with Crippen LogP contribution in [0.4, 0.5) is 0 Å². The molecule has 3 aliphatic rings. The van der Waals surface area contributed by atoms with Crippen LogP contribution in [0.25, 0.3) is 0 Å². The minimum Gasteiger partial charge on any atom is -0.379 e. The van der Waals surface area contributed by atoms with Gasteiger partial charge in [0, 0.05) is 6.61 Å². The molecule has 2 aliphatic heterocycles. The highest BCUT2D eigenvalue weighted by atomic mass is 16.5. The normalized spacial score (nSPS) is 38.5. The third kappa shape index (κ3) is 2.35. The van der Waals surface area contributed by atoms with E-state index >= 15 is 0 Å². The first kappa shape index (κ1) is 14.8. The summed E-state index contributed by atoms with van der Waals surface area (Å²) in [5.41, 5.74) is -0.705. The first-order chi connectivity index (χ1) is 9.99. The molecule has 2 heterocycles. The lowest BCUT2D eigenvalue weighted by molar-refractivity contribution is -0.160. The number of carbonyl (C=O) groups is 2. The first-order valence-electron chi connectivity index (χ1n) is 8.21. The first-order valence-corrected chi connectivity index (χ1v) is 8.21. The molecule has 0 aromatic heterocycles. The quantitative estimate of drug-likeness (QED) is 0.850. The second kappa shape index (κ2) is 5.27. The largest absolute Gasteiger partial charge is 0.379 e. The molecule has 5 nitrogen and oxygen atoms in total. The van der Waals surface area contributed by atoms with Crippen molar-refractivity contribution >= 4 is 11.8 Å². The molecule has 0 spiro atoms. The van der Waals surface area contributed by atoms with E-state index in [1.165, 1.54) is 0 Å². The van der Waals surface area contributed by atoms with E-state index in [4.69, 9.17) is 4.74 Å². The van der Waals surface area contributed by atoms with Crippen LogP contribution < -0.4 is 5.32 Å². The molecular formula is C16H26N2O3. The summed E-state index contributed by atoms with van der Waals surface area (Å²) in [6.07, 6.45) is 3.79. The number of ether oxygens (including phenoxy) is 1. The van der Waals surface area contributed by atoms with Crippen molar-refractivity contribution in [1.82, 2.24) is 10.2 Å². The Kier molecular flexibility index (Phi) is 3.72. The molecule has 0 aromatic rings. The van der Waals surface area contributed by atoms with Gasteiger partial charge in [0.05, 0.1) is 12.6 Å². The van der Waals surface area contributed by atoms with Gasteiger partial charge in [0.15, 0.2) is 0 Å². The Morgan fingerprint density at radius 2 is 2.10 bits per heavy atom. The molecule has 4 atom stereocenters. The van der Waals surface area contributed by atoms with Gasteiger partial charge < -0.3 is 15.0 Å². The molecule has 118 valence electrons. The lowest BCUT2D eigenvalue weighted by Gasteiger charge is -2.48. The van der Waals surface area contributed by atoms with Crippen LogP contribution >= 0.6 is 0 Å². The SMILES string of the molecule is CCC(C)C1C(=O)NC(C)(C2CC2)C(=O)N1C1CCOC1. The molecule has 1 saturated carbocycles. The van der Waals surface area contributed by atoms with Crippen LogP contribution in [0.5, 0.6) is 0 Å². The van der Waals surface area contributed by atoms with Crippen LogP contribution in [0.3, 0.4) is 0 Å². The minimum absolute atomic E-state index is 0.0188. The summed E-state index contributed by atoms with van der Waals surface area (Å²) in [6, 6.07) is -0.290. The lowest BCUT2D eigenvalue weighted by atomic mass is 9.84. The molecule has 3 fully saturated rings. The van der Waals surface area contributed by atoms with E-state index in [1.54, 1.807) is 0 Å². The van der Waals surface area contributed by atoms with Crippen LogP contribution in [-0.4, -0.2) is 47.6 Å². The maximum Gasteiger partial charge on any atom is 0.249 e. The van der Waals surface area contributed by atoms with E-state index in [2.05, 4.69) is 19.2 Å². The third-order valence-corrected chi connectivity index (χ3v) is 5.51. The summed E-state index contributed by atoms with van der Waals surface area (Å²) in [7, 11) is 0. The summed E-state index contributed by atoms with van der Waals surface area (Å²) in [5, 5.41) is 3.05. The van der Waals surface area contributed by atoms with E-state index in [0.29, 0.717) is 19.1 Å². The second-order valence-corrected chi connectivity index (χ2v) is 7.03. The number of hydrogen-bond acceptors (Lipinski definition) is 3. The molecule has 2 saturated heterocycles. The monoisotopic (exact) mass is 294 g/mol. The van der Waals surface area contributed by atoms with Crippen LogP contribution in [-0.2, 0) is 14.3 Å². The molecule has 21 heavy (non-hydrogen) atoms. The summed E-state index contributed by atoms with van der Waals surface area (Å²) in [4.78, 5) is 27.7. The van der Waals surface area contributed by atoms with Gasteiger partial charge in [-0.25, -0.2) is 0 Å². The van der Waals surface area contributed by atoms with E-state index in [9.17, 15) is 9.59 Å². The number of piperazine rings is 1. The molecule has 1 N–H and O–H groups in total. The molecule has 3 rings (SSSR count). The Bertz CT molecular complexity index is 443. The van der Waals surface area contributed by atoms with Gasteiger partial charge in [0.25, 0.3) is 0 Å². The highest BCUT2D eigenvalue weighted by Crippen LogP contribution is 2.43. The summed E-state index contributed by atoms with van der Waals surface area (Å²) >= 11 is 0. The van der Waals surface area contributed by atoms with E-state index in [0.717, 1.165) is 25.7 Å². The molecular weight excluding hydrogens is 268 g/mol. The number of rotatable bonds is 4. The van der Waals surface area contributed by atoms with Gasteiger partial charge in [0.2, 0.25) is 11.8 Å². The fourth-order valence-electron chi connectivity index (χ4n) is 3.73. The second-order valence-electron chi connectivity index (χ2n) is 7.03. The van der Waals surface area contributed by atoms with Crippen molar-refractivity contribution in [1.29, 1.82) is 0 Å². The Morgan fingerprint density at radius 3 is 2.62 bits per heavy atom. The molecule has 1 aliphatic carbocycles. The number of carbonyl (C=O) groups excluding carboxylic acids is 2. The maximum atomic E-state index is 13.1. The smallest absolute Gasteiger partial charge is 0.249 e. The molecule has 0 bridgehead atoms. The molecule has 2 amide bonds. The Morgan fingerprint density at radius 1 is 1.38 bits per heavy atom. The van der Waals surface area contributed by atoms with Crippen molar-refractivity contribution < 1.29 is 14.3 Å². The summed E-state index contributed by atoms with van der Waals surface area (Å²) < 4.78 is 5.47. The number of nitrogens with zero attached hydrogens (tertiary/aromatic N) is 1. The van der Waals surface area contributed by atoms with Crippen molar-refractivity contribution in [2.75, 3.05) is 13.2 Å². The zero-order chi connectivity index (χ0) is 15.2.